The van der Waals surface area contributed by atoms with Crippen molar-refractivity contribution in [1.29, 1.82) is 0 Å². The zero-order valence-electron chi connectivity index (χ0n) is 17.6. The molecule has 3 aromatic rings. The molecule has 170 valence electrons. The highest BCUT2D eigenvalue weighted by molar-refractivity contribution is 5.94. The smallest absolute Gasteiger partial charge is 0.390 e. The van der Waals surface area contributed by atoms with Crippen molar-refractivity contribution in [3.8, 4) is 11.3 Å². The molecule has 4 rings (SSSR count). The highest BCUT2D eigenvalue weighted by Gasteiger charge is 2.29. The molecule has 1 amide bonds. The van der Waals surface area contributed by atoms with Crippen LogP contribution in [0.1, 0.15) is 38.0 Å². The van der Waals surface area contributed by atoms with Crippen LogP contribution < -0.4 is 10.6 Å². The fourth-order valence-corrected chi connectivity index (χ4v) is 3.94. The molecule has 1 fully saturated rings. The van der Waals surface area contributed by atoms with Crippen molar-refractivity contribution in [2.45, 2.75) is 51.2 Å². The van der Waals surface area contributed by atoms with Crippen LogP contribution in [-0.2, 0) is 4.79 Å². The van der Waals surface area contributed by atoms with Crippen LogP contribution in [0.15, 0.2) is 35.1 Å². The van der Waals surface area contributed by atoms with Gasteiger partial charge >= 0.3 is 6.18 Å². The van der Waals surface area contributed by atoms with Gasteiger partial charge in [-0.15, -0.1) is 0 Å². The van der Waals surface area contributed by atoms with E-state index in [1.165, 1.54) is 0 Å². The summed E-state index contributed by atoms with van der Waals surface area (Å²) in [7, 11) is 0. The Bertz CT molecular complexity index is 1090. The molecular weight excluding hydrogens is 423 g/mol. The van der Waals surface area contributed by atoms with E-state index in [9.17, 15) is 18.0 Å². The molecule has 0 radical (unpaired) electrons. The quantitative estimate of drug-likeness (QED) is 0.572. The molecule has 1 aliphatic carbocycles. The van der Waals surface area contributed by atoms with Crippen molar-refractivity contribution in [2.24, 2.45) is 5.92 Å². The van der Waals surface area contributed by atoms with Gasteiger partial charge in [0.05, 0.1) is 24.3 Å². The van der Waals surface area contributed by atoms with Crippen molar-refractivity contribution >= 4 is 22.6 Å². The monoisotopic (exact) mass is 447 g/mol. The molecule has 32 heavy (non-hydrogen) atoms. The first-order chi connectivity index (χ1) is 15.3. The van der Waals surface area contributed by atoms with Crippen molar-refractivity contribution in [3.63, 3.8) is 0 Å². The average Bonchev–Trinajstić information content (AvgIpc) is 3.19. The fourth-order valence-electron chi connectivity index (χ4n) is 3.94. The van der Waals surface area contributed by atoms with Gasteiger partial charge in [0.2, 0.25) is 5.91 Å². The number of fused-ring (bicyclic) bond motifs is 1. The second kappa shape index (κ2) is 9.23. The number of carbonyl (C=O) groups excluding carboxylic acids is 1. The largest absolute Gasteiger partial charge is 0.441 e. The van der Waals surface area contributed by atoms with Crippen molar-refractivity contribution in [2.75, 3.05) is 11.9 Å². The lowest BCUT2D eigenvalue weighted by Gasteiger charge is -2.28. The Kier molecular flexibility index (Phi) is 6.40. The summed E-state index contributed by atoms with van der Waals surface area (Å²) in [5.74, 6) is 1.30. The topological polar surface area (TPSA) is 92.9 Å². The molecule has 0 atom stereocenters. The summed E-state index contributed by atoms with van der Waals surface area (Å²) in [5.41, 5.74) is 1.46. The molecule has 0 unspecified atom stereocenters. The molecule has 3 heterocycles. The van der Waals surface area contributed by atoms with Gasteiger partial charge in [-0.2, -0.15) is 13.2 Å². The molecule has 0 aliphatic heterocycles. The first-order valence-corrected chi connectivity index (χ1v) is 10.6. The van der Waals surface area contributed by atoms with Gasteiger partial charge in [0.1, 0.15) is 5.82 Å². The van der Waals surface area contributed by atoms with Crippen molar-refractivity contribution in [3.05, 3.63) is 36.6 Å². The molecule has 1 aliphatic rings. The molecule has 7 nitrogen and oxygen atoms in total. The zero-order valence-corrected chi connectivity index (χ0v) is 17.6. The van der Waals surface area contributed by atoms with Crippen molar-refractivity contribution < 1.29 is 22.4 Å². The Morgan fingerprint density at radius 3 is 2.56 bits per heavy atom. The van der Waals surface area contributed by atoms with Crippen LogP contribution in [0.3, 0.4) is 0 Å². The maximum Gasteiger partial charge on any atom is 0.390 e. The molecule has 0 spiro atoms. The Labute approximate surface area is 182 Å². The van der Waals surface area contributed by atoms with E-state index in [0.717, 1.165) is 10.9 Å². The van der Waals surface area contributed by atoms with Gasteiger partial charge in [0.25, 0.3) is 0 Å². The number of halogens is 3. The number of oxazole rings is 1. The first-order valence-electron chi connectivity index (χ1n) is 10.6. The average molecular weight is 447 g/mol. The first kappa shape index (κ1) is 22.2. The summed E-state index contributed by atoms with van der Waals surface area (Å²) in [6.07, 6.45) is 2.52. The maximum atomic E-state index is 12.7. The number of alkyl halides is 3. The second-order valence-corrected chi connectivity index (χ2v) is 8.09. The number of hydrogen-bond donors (Lipinski definition) is 2. The minimum absolute atomic E-state index is 0.0180. The van der Waals surface area contributed by atoms with E-state index in [1.54, 1.807) is 31.6 Å². The van der Waals surface area contributed by atoms with E-state index in [1.807, 2.05) is 6.07 Å². The van der Waals surface area contributed by atoms with Gasteiger partial charge in [0.15, 0.2) is 11.7 Å². The molecule has 0 saturated heterocycles. The van der Waals surface area contributed by atoms with E-state index in [0.29, 0.717) is 48.7 Å². The van der Waals surface area contributed by atoms with Crippen LogP contribution in [-0.4, -0.2) is 39.6 Å². The van der Waals surface area contributed by atoms with Crippen LogP contribution in [0.5, 0.6) is 0 Å². The third kappa shape index (κ3) is 5.61. The normalized spacial score (nSPS) is 19.2. The number of amides is 1. The van der Waals surface area contributed by atoms with Crippen LogP contribution in [0.25, 0.3) is 22.2 Å². The summed E-state index contributed by atoms with van der Waals surface area (Å²) in [5, 5.41) is 6.61. The minimum Gasteiger partial charge on any atom is -0.441 e. The van der Waals surface area contributed by atoms with Crippen LogP contribution in [0, 0.1) is 12.8 Å². The molecule has 10 heteroatoms. The van der Waals surface area contributed by atoms with E-state index in [2.05, 4.69) is 25.6 Å². The molecular formula is C22H24F3N5O2. The summed E-state index contributed by atoms with van der Waals surface area (Å²) < 4.78 is 42.4. The summed E-state index contributed by atoms with van der Waals surface area (Å²) in [6, 6.07) is 3.68. The van der Waals surface area contributed by atoms with Gasteiger partial charge in [-0.25, -0.2) is 9.97 Å². The fraction of sp³-hybridized carbons (Fsp3) is 0.455. The number of aryl methyl sites for hydroxylation is 1. The van der Waals surface area contributed by atoms with Gasteiger partial charge in [-0.05, 0) is 37.8 Å². The number of nitrogens with zero attached hydrogens (tertiary/aromatic N) is 3. The van der Waals surface area contributed by atoms with Crippen molar-refractivity contribution in [1.82, 2.24) is 20.3 Å². The lowest BCUT2D eigenvalue weighted by molar-refractivity contribution is -0.133. The van der Waals surface area contributed by atoms with Gasteiger partial charge < -0.3 is 15.1 Å². The van der Waals surface area contributed by atoms with E-state index >= 15 is 0 Å². The summed E-state index contributed by atoms with van der Waals surface area (Å²) in [6.45, 7) is 1.68. The third-order valence-electron chi connectivity index (χ3n) is 5.66. The van der Waals surface area contributed by atoms with Gasteiger partial charge in [-0.1, -0.05) is 0 Å². The predicted molar refractivity (Wildman–Crippen MR) is 113 cm³/mol. The van der Waals surface area contributed by atoms with Gasteiger partial charge in [0, 0.05) is 42.6 Å². The lowest BCUT2D eigenvalue weighted by Crippen LogP contribution is -2.37. The number of nitrogens with one attached hydrogen (secondary N) is 2. The molecule has 1 saturated carbocycles. The van der Waals surface area contributed by atoms with Crippen LogP contribution in [0.4, 0.5) is 19.0 Å². The zero-order chi connectivity index (χ0) is 22.7. The standard InChI is InChI=1S/C22H24F3N5O2/c1-13-27-12-19(32-13)16-8-15-9-20(29-11-18(15)28-10-16)30-21(31)14-2-4-17(5-3-14)26-7-6-22(23,24)25/h8-12,14,17,26H,2-7H2,1H3,(H,29,30,31). The van der Waals surface area contributed by atoms with Crippen LogP contribution >= 0.6 is 0 Å². The SMILES string of the molecule is Cc1ncc(-c2cnc3cnc(NC(=O)C4CCC(NCCC(F)(F)F)CC4)cc3c2)o1. The van der Waals surface area contributed by atoms with E-state index in [-0.39, 0.29) is 24.4 Å². The summed E-state index contributed by atoms with van der Waals surface area (Å²) >= 11 is 0. The van der Waals surface area contributed by atoms with Gasteiger partial charge in [-0.3, -0.25) is 9.78 Å². The Morgan fingerprint density at radius 2 is 1.88 bits per heavy atom. The number of rotatable bonds is 6. The predicted octanol–water partition coefficient (Wildman–Crippen LogP) is 4.63. The Morgan fingerprint density at radius 1 is 1.09 bits per heavy atom. The molecule has 3 aromatic heterocycles. The number of aromatic nitrogens is 3. The molecule has 0 bridgehead atoms. The maximum absolute atomic E-state index is 12.7. The minimum atomic E-state index is -4.15. The molecule has 0 aromatic carbocycles. The highest BCUT2D eigenvalue weighted by Crippen LogP contribution is 2.28. The second-order valence-electron chi connectivity index (χ2n) is 8.09. The molecule has 2 N–H and O–H groups in total. The number of carbonyl (C=O) groups is 1. The number of pyridine rings is 2. The van der Waals surface area contributed by atoms with E-state index in [4.69, 9.17) is 4.42 Å². The summed E-state index contributed by atoms with van der Waals surface area (Å²) in [4.78, 5) is 25.4. The Hall–Kier alpha value is -3.01. The Balaban J connectivity index is 1.34. The highest BCUT2D eigenvalue weighted by atomic mass is 19.4. The third-order valence-corrected chi connectivity index (χ3v) is 5.66. The lowest BCUT2D eigenvalue weighted by atomic mass is 9.85. The van der Waals surface area contributed by atoms with Crippen LogP contribution in [0.2, 0.25) is 0 Å². The number of anilines is 1. The van der Waals surface area contributed by atoms with E-state index < -0.39 is 12.6 Å². The number of hydrogen-bond acceptors (Lipinski definition) is 6.